The summed E-state index contributed by atoms with van der Waals surface area (Å²) in [6, 6.07) is 0. The Morgan fingerprint density at radius 1 is 1.29 bits per heavy atom. The quantitative estimate of drug-likeness (QED) is 0.388. The van der Waals surface area contributed by atoms with Crippen molar-refractivity contribution in [2.24, 2.45) is 10.9 Å². The van der Waals surface area contributed by atoms with Gasteiger partial charge in [-0.1, -0.05) is 49.4 Å². The second kappa shape index (κ2) is 11.3. The fraction of sp³-hybridized carbons (Fsp3) is 0.812. The third-order valence-electron chi connectivity index (χ3n) is 3.17. The molecule has 0 radical (unpaired) electrons. The van der Waals surface area contributed by atoms with Gasteiger partial charge >= 0.3 is 0 Å². The van der Waals surface area contributed by atoms with Crippen molar-refractivity contribution < 1.29 is 8.78 Å². The lowest BCUT2D eigenvalue weighted by atomic mass is 10.1. The molecule has 0 spiro atoms. The number of nitrogens with zero attached hydrogens (tertiary/aromatic N) is 2. The fourth-order valence-corrected chi connectivity index (χ4v) is 2.02. The summed E-state index contributed by atoms with van der Waals surface area (Å²) in [7, 11) is 1.58. The molecule has 0 aromatic rings. The summed E-state index contributed by atoms with van der Waals surface area (Å²) in [4.78, 5) is 6.47. The molecule has 124 valence electrons. The van der Waals surface area contributed by atoms with Gasteiger partial charge in [0, 0.05) is 18.3 Å². The molecule has 5 heteroatoms. The molecule has 0 rings (SSSR count). The zero-order chi connectivity index (χ0) is 16.3. The second-order valence-corrected chi connectivity index (χ2v) is 6.52. The first kappa shape index (κ1) is 20.7. The maximum Gasteiger partial charge on any atom is 0.285 e. The van der Waals surface area contributed by atoms with Crippen LogP contribution in [0.25, 0.3) is 0 Å². The van der Waals surface area contributed by atoms with Gasteiger partial charge in [0.05, 0.1) is 6.67 Å². The van der Waals surface area contributed by atoms with Gasteiger partial charge in [-0.2, -0.15) is 8.78 Å². The van der Waals surface area contributed by atoms with Gasteiger partial charge in [0.2, 0.25) is 0 Å². The van der Waals surface area contributed by atoms with E-state index in [0.717, 1.165) is 32.4 Å². The topological polar surface area (TPSA) is 15.6 Å². The van der Waals surface area contributed by atoms with E-state index >= 15 is 0 Å². The summed E-state index contributed by atoms with van der Waals surface area (Å²) in [5.74, 6) is 0.644. The van der Waals surface area contributed by atoms with Crippen molar-refractivity contribution in [1.82, 2.24) is 4.90 Å². The molecule has 21 heavy (non-hydrogen) atoms. The van der Waals surface area contributed by atoms with Gasteiger partial charge in [-0.15, -0.1) is 0 Å². The number of rotatable bonds is 11. The lowest BCUT2D eigenvalue weighted by molar-refractivity contribution is 0.154. The molecule has 1 unspecified atom stereocenters. The molecule has 0 aromatic heterocycles. The van der Waals surface area contributed by atoms with Crippen molar-refractivity contribution in [2.75, 3.05) is 19.8 Å². The molecule has 0 aromatic carbocycles. The molecule has 0 saturated carbocycles. The van der Waals surface area contributed by atoms with Crippen LogP contribution in [0.3, 0.4) is 0 Å². The van der Waals surface area contributed by atoms with E-state index in [2.05, 4.69) is 30.7 Å². The lowest BCUT2D eigenvalue weighted by Gasteiger charge is -2.21. The Morgan fingerprint density at radius 3 is 2.43 bits per heavy atom. The van der Waals surface area contributed by atoms with Crippen molar-refractivity contribution in [3.8, 4) is 0 Å². The summed E-state index contributed by atoms with van der Waals surface area (Å²) >= 11 is 0. The molecule has 0 saturated heterocycles. The van der Waals surface area contributed by atoms with Crippen LogP contribution in [-0.2, 0) is 0 Å². The number of halogens is 2. The number of unbranched alkanes of at least 4 members (excludes halogenated alkanes) is 1. The van der Waals surface area contributed by atoms with Crippen LogP contribution < -0.4 is 0 Å². The largest absolute Gasteiger partial charge is 0.285 e. The Kier molecular flexibility index (Phi) is 11.1. The van der Waals surface area contributed by atoms with Crippen LogP contribution in [0.2, 0.25) is 0 Å². The number of hydrogen-bond acceptors (Lipinski definition) is 2. The van der Waals surface area contributed by atoms with Gasteiger partial charge in [0.15, 0.2) is 0 Å². The third-order valence-corrected chi connectivity index (χ3v) is 3.50. The second-order valence-electron chi connectivity index (χ2n) is 5.80. The molecule has 0 N–H and O–H groups in total. The molecular weight excluding hydrogens is 289 g/mol. The van der Waals surface area contributed by atoms with Crippen molar-refractivity contribution in [1.29, 1.82) is 0 Å². The first-order chi connectivity index (χ1) is 9.81. The maximum absolute atomic E-state index is 13.3. The van der Waals surface area contributed by atoms with E-state index in [4.69, 9.17) is 0 Å². The molecular formula is C16H31F2N2P. The van der Waals surface area contributed by atoms with E-state index in [1.807, 2.05) is 6.92 Å². The number of hydrogen-bond donors (Lipinski definition) is 0. The van der Waals surface area contributed by atoms with Gasteiger partial charge in [-0.05, 0) is 31.7 Å². The van der Waals surface area contributed by atoms with Gasteiger partial charge in [0.25, 0.3) is 5.66 Å². The zero-order valence-corrected chi connectivity index (χ0v) is 15.1. The van der Waals surface area contributed by atoms with E-state index in [0.29, 0.717) is 19.0 Å². The van der Waals surface area contributed by atoms with Crippen LogP contribution in [0.5, 0.6) is 0 Å². The number of alkyl halides is 2. The Labute approximate surface area is 131 Å². The highest BCUT2D eigenvalue weighted by Gasteiger charge is 2.25. The highest BCUT2D eigenvalue weighted by atomic mass is 31.0. The van der Waals surface area contributed by atoms with Crippen LogP contribution in [0.1, 0.15) is 53.4 Å². The van der Waals surface area contributed by atoms with E-state index < -0.39 is 5.66 Å². The third kappa shape index (κ3) is 11.0. The molecule has 2 nitrogen and oxygen atoms in total. The molecule has 0 heterocycles. The average Bonchev–Trinajstić information content (AvgIpc) is 2.38. The van der Waals surface area contributed by atoms with E-state index in [-0.39, 0.29) is 5.57 Å². The van der Waals surface area contributed by atoms with Crippen molar-refractivity contribution in [3.63, 3.8) is 0 Å². The summed E-state index contributed by atoms with van der Waals surface area (Å²) in [5.41, 5.74) is -2.92. The Bertz CT molecular complexity index is 323. The predicted octanol–water partition coefficient (Wildman–Crippen LogP) is 4.97. The average molecular weight is 320 g/mol. The van der Waals surface area contributed by atoms with Gasteiger partial charge in [0.1, 0.15) is 0 Å². The Hall–Kier alpha value is -0.340. The minimum absolute atomic E-state index is 0.0192. The highest BCUT2D eigenvalue weighted by molar-refractivity contribution is 7.18. The monoisotopic (exact) mass is 320 g/mol. The SMILES string of the molecule is CC/C=C(\C=NCN(CCCC)CCC(C)C)C(F)(F)P. The molecule has 1 atom stereocenters. The molecule has 0 bridgehead atoms. The molecule has 0 aliphatic carbocycles. The molecule has 0 fully saturated rings. The standard InChI is InChI=1S/C16H31F2N2P/c1-5-7-10-20(11-9-14(3)4)13-19-12-15(8-6-2)16(17,18)21/h8,12,14H,5-7,9-11,13,21H2,1-4H3/b15-8+,19-12?. The maximum atomic E-state index is 13.3. The summed E-state index contributed by atoms with van der Waals surface area (Å²) < 4.78 is 26.7. The Morgan fingerprint density at radius 2 is 1.95 bits per heavy atom. The predicted molar refractivity (Wildman–Crippen MR) is 92.3 cm³/mol. The lowest BCUT2D eigenvalue weighted by Crippen LogP contribution is -2.27. The van der Waals surface area contributed by atoms with Gasteiger partial charge in [-0.3, -0.25) is 9.89 Å². The minimum Gasteiger partial charge on any atom is -0.284 e. The van der Waals surface area contributed by atoms with Crippen molar-refractivity contribution >= 4 is 15.5 Å². The smallest absolute Gasteiger partial charge is 0.284 e. The van der Waals surface area contributed by atoms with Crippen molar-refractivity contribution in [2.45, 2.75) is 59.0 Å². The zero-order valence-electron chi connectivity index (χ0n) is 13.9. The minimum atomic E-state index is -2.90. The molecule has 0 aliphatic heterocycles. The first-order valence-corrected chi connectivity index (χ1v) is 8.48. The van der Waals surface area contributed by atoms with Crippen LogP contribution in [0, 0.1) is 5.92 Å². The van der Waals surface area contributed by atoms with Gasteiger partial charge < -0.3 is 0 Å². The fourth-order valence-electron chi connectivity index (χ4n) is 1.83. The van der Waals surface area contributed by atoms with Crippen LogP contribution in [-0.4, -0.2) is 36.5 Å². The summed E-state index contributed by atoms with van der Waals surface area (Å²) in [6.45, 7) is 10.8. The van der Waals surface area contributed by atoms with Crippen LogP contribution in [0.4, 0.5) is 8.78 Å². The van der Waals surface area contributed by atoms with E-state index in [9.17, 15) is 8.78 Å². The van der Waals surface area contributed by atoms with Crippen LogP contribution >= 0.6 is 9.24 Å². The normalized spacial score (nSPS) is 13.9. The van der Waals surface area contributed by atoms with Gasteiger partial charge in [-0.25, -0.2) is 0 Å². The first-order valence-electron chi connectivity index (χ1n) is 7.90. The summed E-state index contributed by atoms with van der Waals surface area (Å²) in [6.07, 6.45) is 6.79. The van der Waals surface area contributed by atoms with E-state index in [1.54, 1.807) is 9.24 Å². The molecule has 0 amide bonds. The number of allylic oxidation sites excluding steroid dienone is 2. The Balaban J connectivity index is 4.55. The highest BCUT2D eigenvalue weighted by Crippen LogP contribution is 2.30. The van der Waals surface area contributed by atoms with Crippen LogP contribution in [0.15, 0.2) is 16.6 Å². The van der Waals surface area contributed by atoms with Crippen molar-refractivity contribution in [3.05, 3.63) is 11.6 Å². The molecule has 0 aliphatic rings. The van der Waals surface area contributed by atoms with E-state index in [1.165, 1.54) is 12.3 Å². The summed E-state index contributed by atoms with van der Waals surface area (Å²) in [5, 5.41) is 0. The number of aliphatic imine (C=N–C) groups is 1.